The highest BCUT2D eigenvalue weighted by atomic mass is 32.1. The van der Waals surface area contributed by atoms with Crippen LogP contribution in [0.5, 0.6) is 0 Å². The Kier molecular flexibility index (Phi) is 4.45. The Morgan fingerprint density at radius 3 is 2.86 bits per heavy atom. The van der Waals surface area contributed by atoms with Crippen LogP contribution in [0.25, 0.3) is 0 Å². The highest BCUT2D eigenvalue weighted by molar-refractivity contribution is 7.71. The zero-order valence-corrected chi connectivity index (χ0v) is 14.2. The van der Waals surface area contributed by atoms with Gasteiger partial charge < -0.3 is 4.90 Å². The van der Waals surface area contributed by atoms with E-state index in [0.29, 0.717) is 12.1 Å². The summed E-state index contributed by atoms with van der Waals surface area (Å²) in [7, 11) is 2.11. The van der Waals surface area contributed by atoms with Gasteiger partial charge in [0.1, 0.15) is 0 Å². The third-order valence-electron chi connectivity index (χ3n) is 4.48. The van der Waals surface area contributed by atoms with Crippen LogP contribution in [-0.2, 0) is 0 Å². The molecule has 1 saturated carbocycles. The van der Waals surface area contributed by atoms with Crippen molar-refractivity contribution >= 4 is 29.5 Å². The fourth-order valence-corrected chi connectivity index (χ4v) is 4.21. The Morgan fingerprint density at radius 2 is 2.19 bits per heavy atom. The summed E-state index contributed by atoms with van der Waals surface area (Å²) in [4.78, 5) is 3.58. The highest BCUT2D eigenvalue weighted by Gasteiger charge is 2.24. The van der Waals surface area contributed by atoms with Gasteiger partial charge in [0.25, 0.3) is 0 Å². The lowest BCUT2D eigenvalue weighted by molar-refractivity contribution is 0.350. The van der Waals surface area contributed by atoms with E-state index in [4.69, 9.17) is 12.2 Å². The van der Waals surface area contributed by atoms with Crippen LogP contribution in [0.15, 0.2) is 17.5 Å². The van der Waals surface area contributed by atoms with Gasteiger partial charge in [-0.05, 0) is 43.4 Å². The van der Waals surface area contributed by atoms with E-state index in [-0.39, 0.29) is 0 Å². The average molecular weight is 323 g/mol. The second kappa shape index (κ2) is 6.32. The van der Waals surface area contributed by atoms with Gasteiger partial charge in [-0.25, -0.2) is 5.10 Å². The minimum absolute atomic E-state index is 0.303. The number of hydrogen-bond acceptors (Lipinski definition) is 4. The first kappa shape index (κ1) is 14.8. The first-order valence-electron chi connectivity index (χ1n) is 7.61. The van der Waals surface area contributed by atoms with Gasteiger partial charge in [0.2, 0.25) is 5.95 Å². The molecule has 1 aliphatic carbocycles. The molecule has 21 heavy (non-hydrogen) atoms. The van der Waals surface area contributed by atoms with Gasteiger partial charge in [0.05, 0.1) is 6.04 Å². The van der Waals surface area contributed by atoms with Crippen molar-refractivity contribution in [2.45, 2.75) is 51.1 Å². The molecular weight excluding hydrogens is 300 g/mol. The minimum atomic E-state index is 0.303. The number of H-pyrrole nitrogens is 1. The van der Waals surface area contributed by atoms with E-state index in [9.17, 15) is 0 Å². The van der Waals surface area contributed by atoms with Crippen molar-refractivity contribution in [1.82, 2.24) is 14.8 Å². The van der Waals surface area contributed by atoms with Crippen molar-refractivity contribution in [3.8, 4) is 0 Å². The predicted molar refractivity (Wildman–Crippen MR) is 90.7 cm³/mol. The van der Waals surface area contributed by atoms with Crippen molar-refractivity contribution < 1.29 is 0 Å². The summed E-state index contributed by atoms with van der Waals surface area (Å²) in [5.41, 5.74) is 0. The van der Waals surface area contributed by atoms with Gasteiger partial charge in [-0.1, -0.05) is 25.3 Å². The Balaban J connectivity index is 1.89. The van der Waals surface area contributed by atoms with E-state index < -0.39 is 0 Å². The fraction of sp³-hybridized carbons (Fsp3) is 0.600. The Morgan fingerprint density at radius 1 is 1.43 bits per heavy atom. The van der Waals surface area contributed by atoms with Crippen LogP contribution in [0.1, 0.15) is 56.0 Å². The summed E-state index contributed by atoms with van der Waals surface area (Å²) >= 11 is 7.27. The summed E-state index contributed by atoms with van der Waals surface area (Å²) in [5.74, 6) is 0.966. The van der Waals surface area contributed by atoms with E-state index in [2.05, 4.69) is 51.1 Å². The molecule has 4 nitrogen and oxygen atoms in total. The number of aromatic amines is 1. The largest absolute Gasteiger partial charge is 0.336 e. The summed E-state index contributed by atoms with van der Waals surface area (Å²) in [6.45, 7) is 2.22. The molecule has 2 aromatic rings. The van der Waals surface area contributed by atoms with Crippen LogP contribution < -0.4 is 4.90 Å². The normalized spacial score (nSPS) is 17.8. The maximum atomic E-state index is 5.48. The predicted octanol–water partition coefficient (Wildman–Crippen LogP) is 4.70. The number of nitrogens with zero attached hydrogens (tertiary/aromatic N) is 3. The maximum absolute atomic E-state index is 5.48. The lowest BCUT2D eigenvalue weighted by atomic mass is 9.95. The molecule has 6 heteroatoms. The van der Waals surface area contributed by atoms with Gasteiger partial charge in [-0.3, -0.25) is 4.57 Å². The van der Waals surface area contributed by atoms with Crippen LogP contribution in [-0.4, -0.2) is 21.8 Å². The third-order valence-corrected chi connectivity index (χ3v) is 5.81. The molecule has 1 fully saturated rings. The Hall–Kier alpha value is -1.14. The van der Waals surface area contributed by atoms with Crippen molar-refractivity contribution in [2.24, 2.45) is 0 Å². The Bertz CT molecular complexity index is 622. The van der Waals surface area contributed by atoms with Gasteiger partial charge in [0, 0.05) is 18.0 Å². The van der Waals surface area contributed by atoms with E-state index in [1.165, 1.54) is 37.0 Å². The molecule has 1 atom stereocenters. The van der Waals surface area contributed by atoms with Crippen molar-refractivity contribution in [3.63, 3.8) is 0 Å². The van der Waals surface area contributed by atoms with Gasteiger partial charge >= 0.3 is 0 Å². The van der Waals surface area contributed by atoms with E-state index in [0.717, 1.165) is 10.7 Å². The molecule has 1 aliphatic rings. The minimum Gasteiger partial charge on any atom is -0.336 e. The molecule has 2 heterocycles. The molecule has 0 spiro atoms. The van der Waals surface area contributed by atoms with Crippen LogP contribution in [0.4, 0.5) is 5.95 Å². The van der Waals surface area contributed by atoms with Crippen molar-refractivity contribution in [1.29, 1.82) is 0 Å². The molecule has 3 rings (SSSR count). The summed E-state index contributed by atoms with van der Waals surface area (Å²) in [5, 5.41) is 9.61. The van der Waals surface area contributed by atoms with Crippen LogP contribution >= 0.6 is 23.6 Å². The molecule has 1 N–H and O–H groups in total. The standard InChI is InChI=1S/C15H22N4S2/c1-11(13-9-6-10-21-13)18(2)14-16-17-15(20)19(14)12-7-4-3-5-8-12/h6,9-12H,3-5,7-8H2,1-2H3,(H,17,20). The number of aromatic nitrogens is 3. The molecule has 0 bridgehead atoms. The molecule has 0 saturated heterocycles. The number of hydrogen-bond donors (Lipinski definition) is 1. The van der Waals surface area contributed by atoms with Crippen LogP contribution in [0, 0.1) is 4.77 Å². The maximum Gasteiger partial charge on any atom is 0.226 e. The molecule has 0 amide bonds. The molecule has 2 aromatic heterocycles. The Labute approximate surface area is 134 Å². The topological polar surface area (TPSA) is 36.9 Å². The van der Waals surface area contributed by atoms with Gasteiger partial charge in [-0.2, -0.15) is 0 Å². The smallest absolute Gasteiger partial charge is 0.226 e. The van der Waals surface area contributed by atoms with Gasteiger partial charge in [0.15, 0.2) is 4.77 Å². The molecule has 114 valence electrons. The zero-order valence-electron chi connectivity index (χ0n) is 12.6. The van der Waals surface area contributed by atoms with E-state index in [1.807, 2.05) is 0 Å². The molecule has 1 unspecified atom stereocenters. The zero-order chi connectivity index (χ0) is 14.8. The monoisotopic (exact) mass is 322 g/mol. The second-order valence-corrected chi connectivity index (χ2v) is 7.16. The van der Waals surface area contributed by atoms with Crippen molar-refractivity contribution in [3.05, 3.63) is 27.2 Å². The lowest BCUT2D eigenvalue weighted by Gasteiger charge is -2.29. The molecule has 0 radical (unpaired) electrons. The molecule has 0 aliphatic heterocycles. The first-order chi connectivity index (χ1) is 10.2. The first-order valence-corrected chi connectivity index (χ1v) is 8.90. The number of rotatable bonds is 4. The fourth-order valence-electron chi connectivity index (χ4n) is 3.11. The molecular formula is C15H22N4S2. The average Bonchev–Trinajstić information content (AvgIpc) is 3.16. The van der Waals surface area contributed by atoms with Crippen molar-refractivity contribution in [2.75, 3.05) is 11.9 Å². The number of nitrogens with one attached hydrogen (secondary N) is 1. The second-order valence-electron chi connectivity index (χ2n) is 5.79. The molecule has 0 aromatic carbocycles. The van der Waals surface area contributed by atoms with E-state index in [1.54, 1.807) is 11.3 Å². The number of thiophene rings is 1. The SMILES string of the molecule is CC(c1cccs1)N(C)c1n[nH]c(=S)n1C1CCCCC1. The highest BCUT2D eigenvalue weighted by Crippen LogP contribution is 2.33. The summed E-state index contributed by atoms with van der Waals surface area (Å²) in [6.07, 6.45) is 6.35. The van der Waals surface area contributed by atoms with E-state index >= 15 is 0 Å². The number of anilines is 1. The quantitative estimate of drug-likeness (QED) is 0.829. The lowest BCUT2D eigenvalue weighted by Crippen LogP contribution is -2.26. The summed E-state index contributed by atoms with van der Waals surface area (Å²) < 4.78 is 2.99. The van der Waals surface area contributed by atoms with Crippen LogP contribution in [0.2, 0.25) is 0 Å². The van der Waals surface area contributed by atoms with Gasteiger partial charge in [-0.15, -0.1) is 16.4 Å². The third kappa shape index (κ3) is 2.92. The summed E-state index contributed by atoms with van der Waals surface area (Å²) in [6, 6.07) is 5.08. The van der Waals surface area contributed by atoms with Crippen LogP contribution in [0.3, 0.4) is 0 Å².